The predicted octanol–water partition coefficient (Wildman–Crippen LogP) is 4.33. The number of ether oxygens (including phenoxy) is 1. The summed E-state index contributed by atoms with van der Waals surface area (Å²) in [5.41, 5.74) is 4.42. The van der Waals surface area contributed by atoms with E-state index in [0.717, 1.165) is 52.5 Å². The molecule has 1 amide bonds. The van der Waals surface area contributed by atoms with E-state index in [9.17, 15) is 10.0 Å². The third-order valence-electron chi connectivity index (χ3n) is 6.97. The van der Waals surface area contributed by atoms with Gasteiger partial charge in [0.25, 0.3) is 0 Å². The van der Waals surface area contributed by atoms with Crippen molar-refractivity contribution >= 4 is 23.7 Å². The first-order valence-electron chi connectivity index (χ1n) is 11.6. The second kappa shape index (κ2) is 9.03. The number of pyridine rings is 1. The molecule has 2 atom stereocenters. The average Bonchev–Trinajstić information content (AvgIpc) is 3.34. The van der Waals surface area contributed by atoms with Gasteiger partial charge in [-0.2, -0.15) is 0 Å². The van der Waals surface area contributed by atoms with Crippen molar-refractivity contribution in [3.63, 3.8) is 0 Å². The number of carboxylic acid groups (broad SMARTS) is 1. The van der Waals surface area contributed by atoms with E-state index in [0.29, 0.717) is 32.0 Å². The summed E-state index contributed by atoms with van der Waals surface area (Å²) >= 11 is 0. The van der Waals surface area contributed by atoms with Gasteiger partial charge in [0, 0.05) is 42.9 Å². The maximum absolute atomic E-state index is 13.7. The molecule has 2 saturated heterocycles. The summed E-state index contributed by atoms with van der Waals surface area (Å²) in [4.78, 5) is 17.5. The van der Waals surface area contributed by atoms with E-state index in [-0.39, 0.29) is 12.0 Å². The van der Waals surface area contributed by atoms with E-state index in [4.69, 9.17) is 14.8 Å². The van der Waals surface area contributed by atoms with Crippen LogP contribution in [0.15, 0.2) is 36.4 Å². The van der Waals surface area contributed by atoms with Crippen molar-refractivity contribution in [2.45, 2.75) is 38.3 Å². The van der Waals surface area contributed by atoms with Gasteiger partial charge < -0.3 is 30.3 Å². The Morgan fingerprint density at radius 1 is 1.18 bits per heavy atom. The number of likely N-dealkylation sites (tertiary alicyclic amines) is 1. The summed E-state index contributed by atoms with van der Waals surface area (Å²) in [6.07, 6.45) is 3.37. The summed E-state index contributed by atoms with van der Waals surface area (Å²) in [6.45, 7) is 4.26. The SMILES string of the molecule is Cc1ccccc1C1=Cc2ccc(NC3CCN(C(=O)O)CC3)nc2C(C2CCOC2)N1[O-]. The van der Waals surface area contributed by atoms with E-state index < -0.39 is 12.1 Å². The predicted molar refractivity (Wildman–Crippen MR) is 126 cm³/mol. The third kappa shape index (κ3) is 4.28. The Morgan fingerprint density at radius 3 is 2.67 bits per heavy atom. The number of aryl methyl sites for hydroxylation is 1. The van der Waals surface area contributed by atoms with Crippen LogP contribution in [-0.2, 0) is 4.74 Å². The lowest BCUT2D eigenvalue weighted by Gasteiger charge is -2.46. The smallest absolute Gasteiger partial charge is 0.407 e. The number of hydrogen-bond acceptors (Lipinski definition) is 6. The summed E-state index contributed by atoms with van der Waals surface area (Å²) in [5, 5.41) is 27.5. The minimum atomic E-state index is -0.867. The average molecular weight is 450 g/mol. The zero-order valence-corrected chi connectivity index (χ0v) is 18.7. The molecular formula is C25H29N4O4-. The molecule has 2 fully saturated rings. The molecular weight excluding hydrogens is 420 g/mol. The number of nitrogens with zero attached hydrogens (tertiary/aromatic N) is 3. The lowest BCUT2D eigenvalue weighted by molar-refractivity contribution is 0.133. The molecule has 2 aromatic rings. The molecule has 174 valence electrons. The van der Waals surface area contributed by atoms with Gasteiger partial charge in [0.1, 0.15) is 5.82 Å². The monoisotopic (exact) mass is 449 g/mol. The fraction of sp³-hybridized carbons (Fsp3) is 0.440. The van der Waals surface area contributed by atoms with Gasteiger partial charge in [-0.3, -0.25) is 0 Å². The molecule has 5 rings (SSSR count). The number of fused-ring (bicyclic) bond motifs is 1. The molecule has 2 N–H and O–H groups in total. The lowest BCUT2D eigenvalue weighted by atomic mass is 9.88. The number of nitrogens with one attached hydrogen (secondary N) is 1. The number of rotatable bonds is 4. The van der Waals surface area contributed by atoms with E-state index in [2.05, 4.69) is 5.32 Å². The quantitative estimate of drug-likeness (QED) is 0.716. The molecule has 0 aliphatic carbocycles. The van der Waals surface area contributed by atoms with Gasteiger partial charge in [-0.05, 0) is 55.5 Å². The minimum absolute atomic E-state index is 0.0792. The first-order chi connectivity index (χ1) is 16.0. The van der Waals surface area contributed by atoms with Gasteiger partial charge in [-0.25, -0.2) is 9.78 Å². The maximum atomic E-state index is 13.7. The van der Waals surface area contributed by atoms with E-state index in [1.807, 2.05) is 49.4 Å². The Hall–Kier alpha value is -3.10. The third-order valence-corrected chi connectivity index (χ3v) is 6.97. The summed E-state index contributed by atoms with van der Waals surface area (Å²) in [6, 6.07) is 11.7. The highest BCUT2D eigenvalue weighted by molar-refractivity contribution is 5.85. The second-order valence-corrected chi connectivity index (χ2v) is 9.10. The minimum Gasteiger partial charge on any atom is -0.758 e. The molecule has 3 aliphatic heterocycles. The number of piperidine rings is 1. The summed E-state index contributed by atoms with van der Waals surface area (Å²) < 4.78 is 5.64. The van der Waals surface area contributed by atoms with Crippen LogP contribution in [0.25, 0.3) is 11.8 Å². The van der Waals surface area contributed by atoms with Crippen LogP contribution in [0, 0.1) is 18.0 Å². The standard InChI is InChI=1S/C25H29N4O4/c1-16-4-2-3-5-20(16)21-14-17-6-7-22(26-19-8-11-28(12-9-19)25(30)31)27-23(17)24(29(21)32)18-10-13-33-15-18/h2-7,14,18-19,24H,8-13,15H2,1H3,(H,26,27)(H,30,31)/q-1. The van der Waals surface area contributed by atoms with E-state index in [1.54, 1.807) is 0 Å². The Labute approximate surface area is 193 Å². The highest BCUT2D eigenvalue weighted by Crippen LogP contribution is 2.44. The molecule has 33 heavy (non-hydrogen) atoms. The van der Waals surface area contributed by atoms with Crippen molar-refractivity contribution in [2.75, 3.05) is 31.6 Å². The fourth-order valence-electron chi connectivity index (χ4n) is 5.09. The Balaban J connectivity index is 1.45. The Bertz CT molecular complexity index is 1060. The normalized spacial score (nSPS) is 23.3. The lowest BCUT2D eigenvalue weighted by Crippen LogP contribution is -2.41. The topological polar surface area (TPSA) is 101 Å². The van der Waals surface area contributed by atoms with Crippen LogP contribution in [0.5, 0.6) is 0 Å². The molecule has 2 unspecified atom stereocenters. The van der Waals surface area contributed by atoms with Gasteiger partial charge >= 0.3 is 6.09 Å². The van der Waals surface area contributed by atoms with Gasteiger partial charge in [0.15, 0.2) is 0 Å². The van der Waals surface area contributed by atoms with Crippen LogP contribution < -0.4 is 5.32 Å². The summed E-state index contributed by atoms with van der Waals surface area (Å²) in [5.74, 6) is 0.808. The second-order valence-electron chi connectivity index (χ2n) is 9.10. The van der Waals surface area contributed by atoms with Gasteiger partial charge in [0.2, 0.25) is 0 Å². The van der Waals surface area contributed by atoms with Crippen LogP contribution in [-0.4, -0.2) is 58.5 Å². The van der Waals surface area contributed by atoms with Crippen LogP contribution in [0.4, 0.5) is 10.6 Å². The van der Waals surface area contributed by atoms with Crippen molar-refractivity contribution < 1.29 is 14.6 Å². The first-order valence-corrected chi connectivity index (χ1v) is 11.6. The molecule has 8 heteroatoms. The maximum Gasteiger partial charge on any atom is 0.407 e. The molecule has 3 aliphatic rings. The van der Waals surface area contributed by atoms with Crippen molar-refractivity contribution in [1.29, 1.82) is 0 Å². The number of anilines is 1. The number of amides is 1. The summed E-state index contributed by atoms with van der Waals surface area (Å²) in [7, 11) is 0. The van der Waals surface area contributed by atoms with Crippen molar-refractivity contribution in [1.82, 2.24) is 14.9 Å². The van der Waals surface area contributed by atoms with Crippen molar-refractivity contribution in [3.8, 4) is 0 Å². The van der Waals surface area contributed by atoms with Crippen LogP contribution >= 0.6 is 0 Å². The molecule has 0 saturated carbocycles. The zero-order chi connectivity index (χ0) is 22.9. The molecule has 8 nitrogen and oxygen atoms in total. The van der Waals surface area contributed by atoms with Crippen LogP contribution in [0.3, 0.4) is 0 Å². The number of hydrogen-bond donors (Lipinski definition) is 2. The van der Waals surface area contributed by atoms with Gasteiger partial charge in [-0.15, -0.1) is 0 Å². The fourth-order valence-corrected chi connectivity index (χ4v) is 5.09. The van der Waals surface area contributed by atoms with Gasteiger partial charge in [-0.1, -0.05) is 24.3 Å². The first kappa shape index (κ1) is 21.7. The molecule has 0 radical (unpaired) electrons. The van der Waals surface area contributed by atoms with Crippen LogP contribution in [0.2, 0.25) is 0 Å². The Kier molecular flexibility index (Phi) is 5.95. The molecule has 0 bridgehead atoms. The molecule has 0 spiro atoms. The molecule has 1 aromatic heterocycles. The highest BCUT2D eigenvalue weighted by Gasteiger charge is 2.35. The van der Waals surface area contributed by atoms with Gasteiger partial charge in [0.05, 0.1) is 18.3 Å². The number of hydroxylamine groups is 2. The van der Waals surface area contributed by atoms with E-state index >= 15 is 0 Å². The van der Waals surface area contributed by atoms with Crippen LogP contribution in [0.1, 0.15) is 47.7 Å². The van der Waals surface area contributed by atoms with E-state index in [1.165, 1.54) is 4.90 Å². The molecule has 1 aromatic carbocycles. The highest BCUT2D eigenvalue weighted by atomic mass is 16.5. The molecule has 4 heterocycles. The Morgan fingerprint density at radius 2 is 1.97 bits per heavy atom. The number of aromatic nitrogens is 1. The number of carbonyl (C=O) groups is 1. The largest absolute Gasteiger partial charge is 0.758 e. The zero-order valence-electron chi connectivity index (χ0n) is 18.7. The number of benzene rings is 1. The van der Waals surface area contributed by atoms with Crippen molar-refractivity contribution in [3.05, 3.63) is 64.0 Å². The van der Waals surface area contributed by atoms with Crippen molar-refractivity contribution in [2.24, 2.45) is 5.92 Å².